The second-order valence-electron chi connectivity index (χ2n) is 27.4. The van der Waals surface area contributed by atoms with Crippen LogP contribution in [0.1, 0.15) is 158 Å². The van der Waals surface area contributed by atoms with E-state index in [1.54, 1.807) is 48.5 Å². The molecule has 6 aromatic rings. The molecule has 4 fully saturated rings. The number of allylic oxidation sites excluding steroid dienone is 2. The summed E-state index contributed by atoms with van der Waals surface area (Å²) in [7, 11) is 5.49. The molecular formula is C74H82Cl2F12Si2Zr. The van der Waals surface area contributed by atoms with Gasteiger partial charge in [0, 0.05) is 11.1 Å². The Morgan fingerprint density at radius 2 is 0.681 bits per heavy atom. The van der Waals surface area contributed by atoms with Crippen LogP contribution in [0.3, 0.4) is 0 Å². The summed E-state index contributed by atoms with van der Waals surface area (Å²) in [5.74, 6) is 2.24. The molecule has 6 aromatic carbocycles. The fraction of sp³-hybridized carbons (Fsp3) is 0.432. The van der Waals surface area contributed by atoms with Gasteiger partial charge in [-0.05, 0) is 178 Å². The van der Waals surface area contributed by atoms with Gasteiger partial charge in [0.25, 0.3) is 0 Å². The summed E-state index contributed by atoms with van der Waals surface area (Å²) in [6, 6.07) is 35.1. The number of benzene rings is 6. The van der Waals surface area contributed by atoms with E-state index >= 15 is 0 Å². The molecule has 0 spiro atoms. The molecule has 12 rings (SSSR count). The van der Waals surface area contributed by atoms with E-state index in [4.69, 9.17) is 17.0 Å². The van der Waals surface area contributed by atoms with Crippen LogP contribution < -0.4 is 0 Å². The molecule has 0 bridgehead atoms. The van der Waals surface area contributed by atoms with Crippen LogP contribution in [0.2, 0.25) is 37.3 Å². The van der Waals surface area contributed by atoms with Gasteiger partial charge >= 0.3 is 62.6 Å². The first kappa shape index (κ1) is 72.7. The molecule has 4 saturated carbocycles. The average molecular weight is 1420 g/mol. The minimum atomic E-state index is -4.48. The van der Waals surface area contributed by atoms with Crippen molar-refractivity contribution in [3.63, 3.8) is 0 Å². The van der Waals surface area contributed by atoms with Crippen LogP contribution in [0.4, 0.5) is 52.7 Å². The zero-order valence-electron chi connectivity index (χ0n) is 53.2. The number of alkyl halides is 12. The predicted octanol–water partition coefficient (Wildman–Crippen LogP) is 25.8. The number of hydrogen-bond donors (Lipinski definition) is 0. The van der Waals surface area contributed by atoms with Gasteiger partial charge in [0.2, 0.25) is 0 Å². The number of hydrogen-bond acceptors (Lipinski definition) is 0. The summed E-state index contributed by atoms with van der Waals surface area (Å²) in [6.45, 7) is 18.5. The van der Waals surface area contributed by atoms with Crippen molar-refractivity contribution in [2.45, 2.75) is 164 Å². The summed E-state index contributed by atoms with van der Waals surface area (Å²) in [5.41, 5.74) is 7.13. The first-order valence-electron chi connectivity index (χ1n) is 31.1. The van der Waals surface area contributed by atoms with E-state index in [9.17, 15) is 52.7 Å². The summed E-state index contributed by atoms with van der Waals surface area (Å²) >= 11 is -0.826. The second-order valence-corrected chi connectivity index (χ2v) is 40.9. The third-order valence-corrected chi connectivity index (χ3v) is 31.8. The van der Waals surface area contributed by atoms with E-state index < -0.39 is 84.0 Å². The standard InChI is InChI=1S/C36H46F6Si.C36H30F6Si.2CH3.2ClH.Zr/c2*1-21-19-29-23(25-11-5-7-17-31(25)35(37,38)39)13-9-15-27(29)33(21)43(3,4)34-22(2)20-30-24(14-10-16-28(30)34)26-12-6-8-18-32(26)36(40,41)42;;;;;/h5-8,11-12,17-18,21-24,27-30,33-34H,9-10,13-16,19-20H2,1-4H3;5-20,33-34H,1-4H3;2*1H3;2*1H;/q;;2*-1;;;+4/p-2. The molecule has 0 heterocycles. The van der Waals surface area contributed by atoms with Crippen molar-refractivity contribution in [2.24, 2.45) is 35.5 Å². The van der Waals surface area contributed by atoms with Crippen LogP contribution in [-0.2, 0) is 45.6 Å². The van der Waals surface area contributed by atoms with Crippen LogP contribution in [0.5, 0.6) is 0 Å². The molecule has 17 heteroatoms. The Hall–Kier alpha value is -4.14. The first-order chi connectivity index (χ1) is 41.8. The third-order valence-electron chi connectivity index (χ3n) is 21.8. The zero-order valence-corrected chi connectivity index (χ0v) is 59.2. The molecule has 0 saturated heterocycles. The van der Waals surface area contributed by atoms with E-state index in [1.807, 2.05) is 50.3 Å². The van der Waals surface area contributed by atoms with Crippen LogP contribution in [-0.4, -0.2) is 16.1 Å². The Morgan fingerprint density at radius 3 is 1.02 bits per heavy atom. The monoisotopic (exact) mass is 1410 g/mol. The molecule has 12 unspecified atom stereocenters. The SMILES string of the molecule is CC1=Cc2c(-c3ccccc3C(F)(F)F)cccc2C1[Si](C)(C)C1C(C)=Cc2c(-c3ccccc3C(F)(F)F)cccc21.CC1CC2C(c3ccccc3C(F)(F)F)CCCC2C1[Si](C)(C)C1C(C)CC2C(c3ccccc3C(F)(F)F)CCCC21.[CH3-].[CH3-].[Cl][Zr+2][Cl]. The molecule has 0 N–H and O–H groups in total. The third kappa shape index (κ3) is 14.0. The fourth-order valence-corrected chi connectivity index (χ4v) is 31.2. The molecule has 0 aromatic heterocycles. The predicted molar refractivity (Wildman–Crippen MR) is 351 cm³/mol. The Labute approximate surface area is 551 Å². The van der Waals surface area contributed by atoms with Crippen molar-refractivity contribution >= 4 is 45.3 Å². The molecule has 0 nitrogen and oxygen atoms in total. The van der Waals surface area contributed by atoms with Gasteiger partial charge in [-0.3, -0.25) is 0 Å². The van der Waals surface area contributed by atoms with Gasteiger partial charge in [-0.15, -0.1) is 0 Å². The Morgan fingerprint density at radius 1 is 0.385 bits per heavy atom. The van der Waals surface area contributed by atoms with Crippen molar-refractivity contribution in [1.29, 1.82) is 0 Å². The average Bonchev–Trinajstić information content (AvgIpc) is 1.60. The van der Waals surface area contributed by atoms with Gasteiger partial charge in [-0.1, -0.05) is 198 Å². The second kappa shape index (κ2) is 27.9. The van der Waals surface area contributed by atoms with Crippen LogP contribution in [0.15, 0.2) is 145 Å². The summed E-state index contributed by atoms with van der Waals surface area (Å²) in [4.78, 5) is 0. The van der Waals surface area contributed by atoms with Gasteiger partial charge < -0.3 is 14.9 Å². The number of halogens is 14. The molecule has 0 aliphatic heterocycles. The van der Waals surface area contributed by atoms with Crippen molar-refractivity contribution in [2.75, 3.05) is 0 Å². The Bertz CT molecular complexity index is 3370. The normalized spacial score (nSPS) is 26.1. The molecule has 6 aliphatic carbocycles. The maximum atomic E-state index is 14.1. The summed E-state index contributed by atoms with van der Waals surface area (Å²) < 4.78 is 168. The number of rotatable bonds is 8. The number of fused-ring (bicyclic) bond motifs is 4. The summed E-state index contributed by atoms with van der Waals surface area (Å²) in [6.07, 6.45) is -5.87. The van der Waals surface area contributed by atoms with Gasteiger partial charge in [0.1, 0.15) is 0 Å². The van der Waals surface area contributed by atoms with Crippen molar-refractivity contribution in [3.05, 3.63) is 215 Å². The summed E-state index contributed by atoms with van der Waals surface area (Å²) in [5, 5.41) is 0. The minimum absolute atomic E-state index is 0. The van der Waals surface area contributed by atoms with Gasteiger partial charge in [-0.2, -0.15) is 52.7 Å². The topological polar surface area (TPSA) is 0 Å². The Balaban J connectivity index is 0.000000220. The van der Waals surface area contributed by atoms with E-state index in [0.717, 1.165) is 96.9 Å². The molecule has 12 atom stereocenters. The van der Waals surface area contributed by atoms with Crippen molar-refractivity contribution in [1.82, 2.24) is 0 Å². The van der Waals surface area contributed by atoms with Crippen molar-refractivity contribution in [3.8, 4) is 22.3 Å². The van der Waals surface area contributed by atoms with E-state index in [0.29, 0.717) is 57.0 Å². The fourth-order valence-electron chi connectivity index (χ4n) is 19.5. The molecule has 0 amide bonds. The van der Waals surface area contributed by atoms with E-state index in [1.165, 1.54) is 48.5 Å². The quantitative estimate of drug-likeness (QED) is 0.0809. The maximum absolute atomic E-state index is 14.1. The van der Waals surface area contributed by atoms with E-state index in [-0.39, 0.29) is 60.7 Å². The molecule has 488 valence electrons. The first-order valence-corrected chi connectivity index (χ1v) is 43.7. The molecule has 6 aliphatic rings. The van der Waals surface area contributed by atoms with Gasteiger partial charge in [-0.25, -0.2) is 0 Å². The molecule has 0 radical (unpaired) electrons. The zero-order chi connectivity index (χ0) is 64.5. The van der Waals surface area contributed by atoms with Crippen LogP contribution >= 0.6 is 17.0 Å². The van der Waals surface area contributed by atoms with Crippen LogP contribution in [0, 0.1) is 50.4 Å². The Kier molecular flexibility index (Phi) is 22.3. The van der Waals surface area contributed by atoms with Crippen molar-refractivity contribution < 1.29 is 73.5 Å². The van der Waals surface area contributed by atoms with Crippen LogP contribution in [0.25, 0.3) is 34.4 Å². The molecule has 91 heavy (non-hydrogen) atoms. The van der Waals surface area contributed by atoms with Gasteiger partial charge in [0.05, 0.1) is 38.4 Å². The van der Waals surface area contributed by atoms with E-state index in [2.05, 4.69) is 40.0 Å². The van der Waals surface area contributed by atoms with Gasteiger partial charge in [0.15, 0.2) is 0 Å². The molecular weight excluding hydrogens is 1340 g/mol.